The van der Waals surface area contributed by atoms with Gasteiger partial charge in [0.05, 0.1) is 0 Å². The first-order chi connectivity index (χ1) is 4.15. The molecule has 0 atom stereocenters. The fraction of sp³-hybridized carbons (Fsp3) is 0.833. The summed E-state index contributed by atoms with van der Waals surface area (Å²) >= 11 is 0. The van der Waals surface area contributed by atoms with Gasteiger partial charge in [0, 0.05) is 0 Å². The first-order valence-electron chi connectivity index (χ1n) is 3.02. The Morgan fingerprint density at radius 3 is 1.78 bits per heavy atom. The molecule has 0 heterocycles. The minimum Gasteiger partial charge on any atom is -0.237 e. The Balaban J connectivity index is 2.51. The second-order valence-electron chi connectivity index (χ2n) is 2.43. The summed E-state index contributed by atoms with van der Waals surface area (Å²) in [6.45, 7) is 0. The van der Waals surface area contributed by atoms with E-state index in [9.17, 15) is 13.2 Å². The Morgan fingerprint density at radius 2 is 1.56 bits per heavy atom. The van der Waals surface area contributed by atoms with Crippen LogP contribution in [0.2, 0.25) is 0 Å². The minimum absolute atomic E-state index is 0.00926. The largest absolute Gasteiger partial charge is 0.346 e. The van der Waals surface area contributed by atoms with Gasteiger partial charge in [0.15, 0.2) is 5.67 Å². The summed E-state index contributed by atoms with van der Waals surface area (Å²) in [5.74, 6) is 0. The topological polar surface area (TPSA) is 0 Å². The van der Waals surface area contributed by atoms with E-state index in [2.05, 4.69) is 0 Å². The summed E-state index contributed by atoms with van der Waals surface area (Å²) in [7, 11) is 0. The molecule has 1 rings (SSSR count). The van der Waals surface area contributed by atoms with E-state index in [4.69, 9.17) is 0 Å². The molecule has 1 radical (unpaired) electrons. The lowest BCUT2D eigenvalue weighted by atomic mass is 10.1. The fourth-order valence-electron chi connectivity index (χ4n) is 1.12. The van der Waals surface area contributed by atoms with Gasteiger partial charge < -0.3 is 0 Å². The molecule has 0 aromatic heterocycles. The van der Waals surface area contributed by atoms with E-state index in [1.165, 1.54) is 0 Å². The van der Waals surface area contributed by atoms with Gasteiger partial charge in [-0.05, 0) is 25.7 Å². The SMILES string of the molecule is F[C](F)C1(F)CCCC1. The lowest BCUT2D eigenvalue weighted by molar-refractivity contribution is 0.0617. The third-order valence-corrected chi connectivity index (χ3v) is 1.73. The number of rotatable bonds is 1. The molecule has 0 saturated heterocycles. The predicted molar refractivity (Wildman–Crippen MR) is 27.8 cm³/mol. The molecule has 0 bridgehead atoms. The normalized spacial score (nSPS) is 25.3. The number of hydrogen-bond acceptors (Lipinski definition) is 0. The predicted octanol–water partition coefficient (Wildman–Crippen LogP) is 2.70. The van der Waals surface area contributed by atoms with Crippen LogP contribution in [0.4, 0.5) is 13.2 Å². The Kier molecular flexibility index (Phi) is 1.68. The van der Waals surface area contributed by atoms with E-state index in [1.54, 1.807) is 0 Å². The van der Waals surface area contributed by atoms with Crippen molar-refractivity contribution in [3.63, 3.8) is 0 Å². The van der Waals surface area contributed by atoms with Gasteiger partial charge >= 0.3 is 6.43 Å². The second-order valence-corrected chi connectivity index (χ2v) is 2.43. The zero-order chi connectivity index (χ0) is 6.91. The lowest BCUT2D eigenvalue weighted by Crippen LogP contribution is -2.21. The van der Waals surface area contributed by atoms with Crippen LogP contribution in [0.25, 0.3) is 0 Å². The van der Waals surface area contributed by atoms with Crippen molar-refractivity contribution in [1.82, 2.24) is 0 Å². The number of alkyl halides is 1. The summed E-state index contributed by atoms with van der Waals surface area (Å²) in [5.41, 5.74) is -2.22. The van der Waals surface area contributed by atoms with Crippen molar-refractivity contribution in [3.8, 4) is 0 Å². The third kappa shape index (κ3) is 1.19. The van der Waals surface area contributed by atoms with Gasteiger partial charge in [-0.2, -0.15) is 8.78 Å². The molecule has 0 N–H and O–H groups in total. The van der Waals surface area contributed by atoms with E-state index in [-0.39, 0.29) is 12.8 Å². The molecule has 0 spiro atoms. The van der Waals surface area contributed by atoms with Gasteiger partial charge in [-0.15, -0.1) is 0 Å². The maximum absolute atomic E-state index is 12.6. The lowest BCUT2D eigenvalue weighted by Gasteiger charge is -2.14. The van der Waals surface area contributed by atoms with Gasteiger partial charge in [0.1, 0.15) is 0 Å². The summed E-state index contributed by atoms with van der Waals surface area (Å²) < 4.78 is 36.0. The van der Waals surface area contributed by atoms with E-state index < -0.39 is 12.1 Å². The number of halogens is 3. The van der Waals surface area contributed by atoms with E-state index in [1.807, 2.05) is 0 Å². The second kappa shape index (κ2) is 2.20. The quantitative estimate of drug-likeness (QED) is 0.521. The van der Waals surface area contributed by atoms with Gasteiger partial charge in [-0.25, -0.2) is 4.39 Å². The summed E-state index contributed by atoms with van der Waals surface area (Å²) in [6.07, 6.45) is -0.841. The molecule has 1 saturated carbocycles. The van der Waals surface area contributed by atoms with Crippen LogP contribution in [-0.2, 0) is 0 Å². The van der Waals surface area contributed by atoms with Crippen molar-refractivity contribution in [1.29, 1.82) is 0 Å². The molecule has 1 aliphatic carbocycles. The van der Waals surface area contributed by atoms with Crippen LogP contribution in [0, 0.1) is 6.43 Å². The molecule has 53 valence electrons. The van der Waals surface area contributed by atoms with Crippen LogP contribution >= 0.6 is 0 Å². The van der Waals surface area contributed by atoms with Crippen molar-refractivity contribution in [2.75, 3.05) is 0 Å². The average Bonchev–Trinajstić information content (AvgIpc) is 2.16. The van der Waals surface area contributed by atoms with Gasteiger partial charge in [-0.1, -0.05) is 0 Å². The number of hydrogen-bond donors (Lipinski definition) is 0. The Morgan fingerprint density at radius 1 is 1.11 bits per heavy atom. The van der Waals surface area contributed by atoms with E-state index in [0.717, 1.165) is 0 Å². The van der Waals surface area contributed by atoms with Crippen LogP contribution in [-0.4, -0.2) is 5.67 Å². The van der Waals surface area contributed by atoms with Crippen molar-refractivity contribution >= 4 is 0 Å². The average molecular weight is 137 g/mol. The molecule has 0 nitrogen and oxygen atoms in total. The van der Waals surface area contributed by atoms with E-state index in [0.29, 0.717) is 12.8 Å². The summed E-state index contributed by atoms with van der Waals surface area (Å²) in [6, 6.07) is 0. The highest BCUT2D eigenvalue weighted by Gasteiger charge is 2.44. The first kappa shape index (κ1) is 6.90. The molecular formula is C6H8F3. The minimum atomic E-state index is -2.22. The monoisotopic (exact) mass is 137 g/mol. The molecule has 3 heteroatoms. The molecular weight excluding hydrogens is 129 g/mol. The summed E-state index contributed by atoms with van der Waals surface area (Å²) in [4.78, 5) is 0. The molecule has 1 fully saturated rings. The van der Waals surface area contributed by atoms with Crippen LogP contribution in [0.1, 0.15) is 25.7 Å². The van der Waals surface area contributed by atoms with Crippen molar-refractivity contribution in [2.24, 2.45) is 0 Å². The zero-order valence-corrected chi connectivity index (χ0v) is 4.96. The Hall–Kier alpha value is -0.210. The van der Waals surface area contributed by atoms with Crippen molar-refractivity contribution in [2.45, 2.75) is 31.4 Å². The molecule has 0 aliphatic heterocycles. The van der Waals surface area contributed by atoms with Gasteiger partial charge in [0.2, 0.25) is 0 Å². The van der Waals surface area contributed by atoms with Crippen LogP contribution < -0.4 is 0 Å². The van der Waals surface area contributed by atoms with Crippen LogP contribution in [0.3, 0.4) is 0 Å². The van der Waals surface area contributed by atoms with Crippen molar-refractivity contribution < 1.29 is 13.2 Å². The molecule has 9 heavy (non-hydrogen) atoms. The standard InChI is InChI=1S/C6H8F3/c7-5(8)6(9)3-1-2-4-6/h1-4H2. The molecule has 0 aromatic carbocycles. The Bertz CT molecular complexity index is 94.5. The first-order valence-corrected chi connectivity index (χ1v) is 3.02. The van der Waals surface area contributed by atoms with E-state index >= 15 is 0 Å². The third-order valence-electron chi connectivity index (χ3n) is 1.73. The highest BCUT2D eigenvalue weighted by molar-refractivity contribution is 4.96. The maximum atomic E-state index is 12.6. The molecule has 0 unspecified atom stereocenters. The van der Waals surface area contributed by atoms with Gasteiger partial charge in [0.25, 0.3) is 0 Å². The maximum Gasteiger partial charge on any atom is 0.346 e. The Labute approximate surface area is 52.1 Å². The van der Waals surface area contributed by atoms with Crippen molar-refractivity contribution in [3.05, 3.63) is 6.43 Å². The molecule has 0 aromatic rings. The van der Waals surface area contributed by atoms with Crippen LogP contribution in [0.5, 0.6) is 0 Å². The van der Waals surface area contributed by atoms with Gasteiger partial charge in [-0.3, -0.25) is 0 Å². The fourth-order valence-corrected chi connectivity index (χ4v) is 1.12. The highest BCUT2D eigenvalue weighted by Crippen LogP contribution is 2.41. The van der Waals surface area contributed by atoms with Crippen LogP contribution in [0.15, 0.2) is 0 Å². The summed E-state index contributed by atoms with van der Waals surface area (Å²) in [5, 5.41) is 0. The molecule has 0 amide bonds. The zero-order valence-electron chi connectivity index (χ0n) is 4.96. The smallest absolute Gasteiger partial charge is 0.237 e. The highest BCUT2D eigenvalue weighted by atomic mass is 19.3. The molecule has 1 aliphatic rings.